The van der Waals surface area contributed by atoms with Gasteiger partial charge in [0.25, 0.3) is 5.69 Å². The summed E-state index contributed by atoms with van der Waals surface area (Å²) < 4.78 is 0. The Balaban J connectivity index is 2.98. The Morgan fingerprint density at radius 2 is 2.00 bits per heavy atom. The summed E-state index contributed by atoms with van der Waals surface area (Å²) in [6.45, 7) is 1.78. The summed E-state index contributed by atoms with van der Waals surface area (Å²) >= 11 is 0. The zero-order chi connectivity index (χ0) is 11.9. The van der Waals surface area contributed by atoms with Crippen LogP contribution in [0.1, 0.15) is 5.56 Å². The largest absolute Gasteiger partial charge is 0.383 e. The van der Waals surface area contributed by atoms with Crippen LogP contribution in [0.5, 0.6) is 0 Å². The first kappa shape index (κ1) is 10.1. The van der Waals surface area contributed by atoms with E-state index in [9.17, 15) is 10.1 Å². The zero-order valence-electron chi connectivity index (χ0n) is 8.47. The van der Waals surface area contributed by atoms with E-state index in [1.54, 1.807) is 13.0 Å². The van der Waals surface area contributed by atoms with Gasteiger partial charge in [-0.15, -0.1) is 0 Å². The molecule has 0 spiro atoms. The molecule has 0 bridgehead atoms. The lowest BCUT2D eigenvalue weighted by molar-refractivity contribution is -0.383. The van der Waals surface area contributed by atoms with Gasteiger partial charge in [-0.25, -0.2) is 4.98 Å². The fourth-order valence-corrected chi connectivity index (χ4v) is 1.58. The molecule has 1 aromatic heterocycles. The van der Waals surface area contributed by atoms with Gasteiger partial charge >= 0.3 is 0 Å². The number of fused-ring (bicyclic) bond motifs is 1. The van der Waals surface area contributed by atoms with Crippen LogP contribution in [-0.4, -0.2) is 14.9 Å². The molecule has 0 aliphatic carbocycles. The van der Waals surface area contributed by atoms with E-state index in [1.165, 1.54) is 6.07 Å². The van der Waals surface area contributed by atoms with Crippen LogP contribution in [0, 0.1) is 17.0 Å². The van der Waals surface area contributed by atoms with Crippen molar-refractivity contribution in [2.45, 2.75) is 6.92 Å². The molecule has 2 aromatic rings. The van der Waals surface area contributed by atoms with Crippen molar-refractivity contribution in [2.24, 2.45) is 0 Å². The van der Waals surface area contributed by atoms with Crippen molar-refractivity contribution >= 4 is 28.4 Å². The van der Waals surface area contributed by atoms with Crippen molar-refractivity contribution in [2.75, 3.05) is 11.5 Å². The highest BCUT2D eigenvalue weighted by molar-refractivity contribution is 5.97. The molecule has 1 aromatic carbocycles. The molecule has 0 fully saturated rings. The molecule has 7 heteroatoms. The highest BCUT2D eigenvalue weighted by atomic mass is 16.6. The summed E-state index contributed by atoms with van der Waals surface area (Å²) in [5.41, 5.74) is 11.9. The molecule has 82 valence electrons. The number of non-ortho nitro benzene ring substituents is 1. The quantitative estimate of drug-likeness (QED) is 0.545. The van der Waals surface area contributed by atoms with Gasteiger partial charge in [0.1, 0.15) is 5.82 Å². The highest BCUT2D eigenvalue weighted by Crippen LogP contribution is 2.29. The van der Waals surface area contributed by atoms with Gasteiger partial charge in [0, 0.05) is 6.07 Å². The minimum Gasteiger partial charge on any atom is -0.383 e. The Hall–Kier alpha value is -2.44. The van der Waals surface area contributed by atoms with Gasteiger partial charge < -0.3 is 11.5 Å². The van der Waals surface area contributed by atoms with E-state index in [0.717, 1.165) is 5.56 Å². The van der Waals surface area contributed by atoms with Crippen LogP contribution < -0.4 is 11.5 Å². The second-order valence-corrected chi connectivity index (χ2v) is 3.35. The molecule has 0 atom stereocenters. The lowest BCUT2D eigenvalue weighted by atomic mass is 10.1. The third kappa shape index (κ3) is 1.38. The van der Waals surface area contributed by atoms with Crippen LogP contribution in [-0.2, 0) is 0 Å². The van der Waals surface area contributed by atoms with Crippen molar-refractivity contribution in [1.82, 2.24) is 9.97 Å². The maximum atomic E-state index is 10.8. The van der Waals surface area contributed by atoms with E-state index in [4.69, 9.17) is 11.5 Å². The molecule has 0 unspecified atom stereocenters. The summed E-state index contributed by atoms with van der Waals surface area (Å²) in [7, 11) is 0. The number of nitrogen functional groups attached to an aromatic ring is 2. The van der Waals surface area contributed by atoms with Crippen LogP contribution in [0.4, 0.5) is 17.5 Å². The number of anilines is 2. The van der Waals surface area contributed by atoms with Crippen molar-refractivity contribution in [3.63, 3.8) is 0 Å². The second-order valence-electron chi connectivity index (χ2n) is 3.35. The predicted molar refractivity (Wildman–Crippen MR) is 59.8 cm³/mol. The molecule has 7 nitrogen and oxygen atoms in total. The lowest BCUT2D eigenvalue weighted by Gasteiger charge is -2.05. The van der Waals surface area contributed by atoms with Gasteiger partial charge in [0.2, 0.25) is 5.95 Å². The minimum atomic E-state index is -0.520. The average molecular weight is 219 g/mol. The van der Waals surface area contributed by atoms with Crippen LogP contribution >= 0.6 is 0 Å². The van der Waals surface area contributed by atoms with Gasteiger partial charge in [-0.1, -0.05) is 6.07 Å². The van der Waals surface area contributed by atoms with E-state index < -0.39 is 4.92 Å². The minimum absolute atomic E-state index is 0.0706. The Kier molecular flexibility index (Phi) is 2.08. The van der Waals surface area contributed by atoms with Crippen LogP contribution in [0.25, 0.3) is 10.9 Å². The molecule has 16 heavy (non-hydrogen) atoms. The van der Waals surface area contributed by atoms with Crippen LogP contribution in [0.3, 0.4) is 0 Å². The number of nitro benzene ring substituents is 1. The van der Waals surface area contributed by atoms with Gasteiger partial charge in [-0.3, -0.25) is 10.1 Å². The zero-order valence-corrected chi connectivity index (χ0v) is 8.47. The topological polar surface area (TPSA) is 121 Å². The number of nitrogens with zero attached hydrogens (tertiary/aromatic N) is 3. The number of aryl methyl sites for hydroxylation is 1. The molecule has 0 aliphatic heterocycles. The fraction of sp³-hybridized carbons (Fsp3) is 0.111. The normalized spacial score (nSPS) is 10.6. The Morgan fingerprint density at radius 1 is 1.31 bits per heavy atom. The lowest BCUT2D eigenvalue weighted by Crippen LogP contribution is -2.03. The molecule has 2 rings (SSSR count). The molecule has 0 saturated heterocycles. The van der Waals surface area contributed by atoms with Gasteiger partial charge in [-0.05, 0) is 12.5 Å². The summed E-state index contributed by atoms with van der Waals surface area (Å²) in [5.74, 6) is 0.0856. The molecular weight excluding hydrogens is 210 g/mol. The van der Waals surface area contributed by atoms with Crippen molar-refractivity contribution in [1.29, 1.82) is 0 Å². The van der Waals surface area contributed by atoms with Crippen LogP contribution in [0.15, 0.2) is 12.1 Å². The average Bonchev–Trinajstić information content (AvgIpc) is 2.15. The maximum Gasteiger partial charge on any atom is 0.295 e. The fourth-order valence-electron chi connectivity index (χ4n) is 1.58. The van der Waals surface area contributed by atoms with E-state index in [-0.39, 0.29) is 23.0 Å². The smallest absolute Gasteiger partial charge is 0.295 e. The number of nitro groups is 1. The third-order valence-electron chi connectivity index (χ3n) is 2.28. The summed E-state index contributed by atoms with van der Waals surface area (Å²) in [6, 6.07) is 2.99. The van der Waals surface area contributed by atoms with Gasteiger partial charge in [0.05, 0.1) is 10.3 Å². The van der Waals surface area contributed by atoms with E-state index in [2.05, 4.69) is 9.97 Å². The van der Waals surface area contributed by atoms with Gasteiger partial charge in [-0.2, -0.15) is 4.98 Å². The Labute approximate surface area is 90.3 Å². The Bertz CT molecular complexity index is 596. The van der Waals surface area contributed by atoms with E-state index >= 15 is 0 Å². The maximum absolute atomic E-state index is 10.8. The van der Waals surface area contributed by atoms with E-state index in [1.807, 2.05) is 0 Å². The first-order valence-electron chi connectivity index (χ1n) is 4.47. The third-order valence-corrected chi connectivity index (χ3v) is 2.28. The first-order chi connectivity index (χ1) is 7.50. The Morgan fingerprint density at radius 3 is 2.62 bits per heavy atom. The van der Waals surface area contributed by atoms with Gasteiger partial charge in [0.15, 0.2) is 5.52 Å². The summed E-state index contributed by atoms with van der Waals surface area (Å²) in [5, 5.41) is 11.3. The molecule has 4 N–H and O–H groups in total. The number of rotatable bonds is 1. The highest BCUT2D eigenvalue weighted by Gasteiger charge is 2.17. The van der Waals surface area contributed by atoms with Crippen LogP contribution in [0.2, 0.25) is 0 Å². The molecule has 0 amide bonds. The number of nitrogens with two attached hydrogens (primary N) is 2. The number of aromatic nitrogens is 2. The first-order valence-corrected chi connectivity index (χ1v) is 4.47. The monoisotopic (exact) mass is 219 g/mol. The van der Waals surface area contributed by atoms with E-state index in [0.29, 0.717) is 5.39 Å². The predicted octanol–water partition coefficient (Wildman–Crippen LogP) is 1.01. The number of hydrogen-bond acceptors (Lipinski definition) is 6. The number of hydrogen-bond donors (Lipinski definition) is 2. The second kappa shape index (κ2) is 3.30. The summed E-state index contributed by atoms with van der Waals surface area (Å²) in [6.07, 6.45) is 0. The standard InChI is InChI=1S/C9H9N5O2/c1-4-2-3-5(14(15)16)7-6(4)8(10)13-9(11)12-7/h2-3H,1H3,(H4,10,11,12,13). The molecule has 0 aliphatic rings. The summed E-state index contributed by atoms with van der Waals surface area (Å²) in [4.78, 5) is 17.9. The van der Waals surface area contributed by atoms with Crippen molar-refractivity contribution < 1.29 is 4.92 Å². The molecule has 0 saturated carbocycles. The molecule has 0 radical (unpaired) electrons. The SMILES string of the molecule is Cc1ccc([N+](=O)[O-])c2nc(N)nc(N)c12. The molecular formula is C9H9N5O2. The molecule has 1 heterocycles. The van der Waals surface area contributed by atoms with Crippen molar-refractivity contribution in [3.8, 4) is 0 Å². The van der Waals surface area contributed by atoms with Crippen molar-refractivity contribution in [3.05, 3.63) is 27.8 Å². The number of benzene rings is 1.